The van der Waals surface area contributed by atoms with Gasteiger partial charge in [0.1, 0.15) is 17.2 Å². The van der Waals surface area contributed by atoms with E-state index < -0.39 is 5.67 Å². The van der Waals surface area contributed by atoms with E-state index in [0.717, 1.165) is 43.2 Å². The van der Waals surface area contributed by atoms with Crippen molar-refractivity contribution >= 4 is 23.4 Å². The number of nitrogens with zero attached hydrogens (tertiary/aromatic N) is 5. The molecule has 1 aliphatic heterocycles. The number of carbonyl (C=O) groups is 1. The summed E-state index contributed by atoms with van der Waals surface area (Å²) in [6, 6.07) is 11.4. The van der Waals surface area contributed by atoms with Gasteiger partial charge in [0.05, 0.1) is 15.4 Å². The maximum Gasteiger partial charge on any atom is 0.160 e. The van der Waals surface area contributed by atoms with Crippen molar-refractivity contribution in [3.63, 3.8) is 0 Å². The summed E-state index contributed by atoms with van der Waals surface area (Å²) in [6.45, 7) is 7.45. The van der Waals surface area contributed by atoms with Gasteiger partial charge in [0, 0.05) is 39.4 Å². The van der Waals surface area contributed by atoms with Crippen LogP contribution in [0.2, 0.25) is 0 Å². The maximum atomic E-state index is 13.9. The number of hydrogen-bond acceptors (Lipinski definition) is 6. The van der Waals surface area contributed by atoms with E-state index in [-0.39, 0.29) is 0 Å². The Hall–Kier alpha value is -2.58. The molecule has 8 heteroatoms. The summed E-state index contributed by atoms with van der Waals surface area (Å²) in [7, 11) is 3.88. The third-order valence-electron chi connectivity index (χ3n) is 4.96. The van der Waals surface area contributed by atoms with Crippen molar-refractivity contribution in [2.45, 2.75) is 19.5 Å². The molecule has 0 unspecified atom stereocenters. The molecule has 3 aromatic heterocycles. The predicted molar refractivity (Wildman–Crippen MR) is 120 cm³/mol. The van der Waals surface area contributed by atoms with E-state index >= 15 is 0 Å². The van der Waals surface area contributed by atoms with Crippen LogP contribution in [0.5, 0.6) is 0 Å². The van der Waals surface area contributed by atoms with Crippen molar-refractivity contribution in [3.8, 4) is 10.6 Å². The first-order valence-electron chi connectivity index (χ1n) is 9.91. The molecule has 0 aliphatic carbocycles. The Bertz CT molecular complexity index is 956. The Morgan fingerprint density at radius 3 is 2.37 bits per heavy atom. The molecular weight excluding hydrogens is 401 g/mol. The van der Waals surface area contributed by atoms with Crippen LogP contribution in [0.15, 0.2) is 42.6 Å². The monoisotopic (exact) mass is 429 g/mol. The fourth-order valence-electron chi connectivity index (χ4n) is 3.27. The van der Waals surface area contributed by atoms with Gasteiger partial charge in [-0.1, -0.05) is 6.07 Å². The summed E-state index contributed by atoms with van der Waals surface area (Å²) in [4.78, 5) is 21.1. The van der Waals surface area contributed by atoms with E-state index in [4.69, 9.17) is 0 Å². The highest BCUT2D eigenvalue weighted by atomic mass is 32.1. The first-order valence-corrected chi connectivity index (χ1v) is 10.7. The Balaban J connectivity index is 0.000000177. The molecular formula is C22H28FN5OS. The summed E-state index contributed by atoms with van der Waals surface area (Å²) in [5.74, 6) is 1.11. The van der Waals surface area contributed by atoms with Crippen molar-refractivity contribution in [3.05, 3.63) is 53.2 Å². The van der Waals surface area contributed by atoms with Crippen LogP contribution in [-0.2, 0) is 12.7 Å². The van der Waals surface area contributed by atoms with Crippen molar-refractivity contribution in [1.29, 1.82) is 0 Å². The summed E-state index contributed by atoms with van der Waals surface area (Å²) >= 11 is 1.35. The molecule has 0 N–H and O–H groups in total. The zero-order chi connectivity index (χ0) is 21.7. The molecule has 0 aromatic carbocycles. The van der Waals surface area contributed by atoms with E-state index in [0.29, 0.717) is 16.3 Å². The zero-order valence-corrected chi connectivity index (χ0v) is 18.7. The summed E-state index contributed by atoms with van der Waals surface area (Å²) in [5.41, 5.74) is -0.204. The molecule has 4 heterocycles. The fourth-order valence-corrected chi connectivity index (χ4v) is 4.05. The highest BCUT2D eigenvalue weighted by molar-refractivity contribution is 7.17. The second-order valence-electron chi connectivity index (χ2n) is 7.81. The molecule has 0 saturated carbocycles. The van der Waals surface area contributed by atoms with Crippen LogP contribution in [-0.4, -0.2) is 59.2 Å². The molecule has 1 aliphatic rings. The highest BCUT2D eigenvalue weighted by Gasteiger charge is 2.24. The molecule has 4 rings (SSSR count). The lowest BCUT2D eigenvalue weighted by Gasteiger charge is -2.33. The lowest BCUT2D eigenvalue weighted by Crippen LogP contribution is -2.44. The summed E-state index contributed by atoms with van der Waals surface area (Å²) < 4.78 is 15.4. The minimum Gasteiger partial charge on any atom is -0.354 e. The Morgan fingerprint density at radius 1 is 1.10 bits per heavy atom. The number of pyridine rings is 1. The molecule has 0 amide bonds. The smallest absolute Gasteiger partial charge is 0.160 e. The second-order valence-corrected chi connectivity index (χ2v) is 8.92. The number of hydrogen-bond donors (Lipinski definition) is 0. The van der Waals surface area contributed by atoms with E-state index in [1.54, 1.807) is 19.2 Å². The normalized spacial score (nSPS) is 14.9. The molecule has 0 radical (unpaired) electrons. The number of rotatable bonds is 4. The van der Waals surface area contributed by atoms with Crippen molar-refractivity contribution < 1.29 is 9.18 Å². The number of piperazine rings is 1. The molecule has 30 heavy (non-hydrogen) atoms. The number of carbonyl (C=O) groups excluding carboxylic acids is 1. The minimum atomic E-state index is -1.43. The maximum absolute atomic E-state index is 13.9. The first-order chi connectivity index (χ1) is 14.3. The van der Waals surface area contributed by atoms with Crippen molar-refractivity contribution in [2.75, 3.05) is 38.1 Å². The molecule has 3 aromatic rings. The highest BCUT2D eigenvalue weighted by Crippen LogP contribution is 2.31. The number of aryl methyl sites for hydroxylation is 1. The van der Waals surface area contributed by atoms with Crippen LogP contribution >= 0.6 is 11.3 Å². The SMILES string of the molecule is CN1CCN(c2ccccn2)CC1.Cn1nc(-c2ccc(C=O)s2)cc1C(C)(C)F. The third kappa shape index (κ3) is 5.52. The number of thiophene rings is 1. The fraction of sp³-hybridized carbons (Fsp3) is 0.409. The molecule has 1 fully saturated rings. The number of alkyl halides is 1. The Morgan fingerprint density at radius 2 is 1.83 bits per heavy atom. The Labute approximate surface area is 181 Å². The van der Waals surface area contributed by atoms with Gasteiger partial charge >= 0.3 is 0 Å². The lowest BCUT2D eigenvalue weighted by atomic mass is 10.1. The molecule has 160 valence electrons. The van der Waals surface area contributed by atoms with Gasteiger partial charge in [-0.2, -0.15) is 5.10 Å². The number of aromatic nitrogens is 3. The largest absolute Gasteiger partial charge is 0.354 e. The molecule has 0 atom stereocenters. The number of aldehydes is 1. The van der Waals surface area contributed by atoms with E-state index in [1.807, 2.05) is 24.4 Å². The van der Waals surface area contributed by atoms with Gasteiger partial charge in [0.25, 0.3) is 0 Å². The molecule has 1 saturated heterocycles. The summed E-state index contributed by atoms with van der Waals surface area (Å²) in [6.07, 6.45) is 2.66. The zero-order valence-electron chi connectivity index (χ0n) is 17.9. The van der Waals surface area contributed by atoms with E-state index in [1.165, 1.54) is 29.9 Å². The molecule has 6 nitrogen and oxygen atoms in total. The van der Waals surface area contributed by atoms with E-state index in [2.05, 4.69) is 33.0 Å². The average Bonchev–Trinajstić information content (AvgIpc) is 3.36. The van der Waals surface area contributed by atoms with Gasteiger partial charge in [-0.3, -0.25) is 9.48 Å². The van der Waals surface area contributed by atoms with Gasteiger partial charge < -0.3 is 9.80 Å². The van der Waals surface area contributed by atoms with Gasteiger partial charge in [-0.25, -0.2) is 9.37 Å². The predicted octanol–water partition coefficient (Wildman–Crippen LogP) is 4.00. The van der Waals surface area contributed by atoms with Gasteiger partial charge in [-0.05, 0) is 51.2 Å². The van der Waals surface area contributed by atoms with Gasteiger partial charge in [0.2, 0.25) is 0 Å². The van der Waals surface area contributed by atoms with Crippen LogP contribution in [0.1, 0.15) is 29.2 Å². The quantitative estimate of drug-likeness (QED) is 0.587. The molecule has 0 bridgehead atoms. The second kappa shape index (κ2) is 9.49. The standard InChI is InChI=1S/C12H13FN2OS.C10H15N3/c1-12(2,13)11-6-9(14-15(11)3)10-5-4-8(7-16)17-10;1-12-6-8-13(9-7-12)10-4-2-3-5-11-10/h4-7H,1-3H3;2-5H,6-9H2,1H3. The van der Waals surface area contributed by atoms with Crippen molar-refractivity contribution in [1.82, 2.24) is 19.7 Å². The lowest BCUT2D eigenvalue weighted by molar-refractivity contribution is 0.112. The van der Waals surface area contributed by atoms with Crippen LogP contribution in [0, 0.1) is 0 Å². The van der Waals surface area contributed by atoms with Gasteiger partial charge in [0.15, 0.2) is 6.29 Å². The summed E-state index contributed by atoms with van der Waals surface area (Å²) in [5, 5.41) is 4.27. The van der Waals surface area contributed by atoms with Crippen LogP contribution in [0.25, 0.3) is 10.6 Å². The molecule has 0 spiro atoms. The van der Waals surface area contributed by atoms with Crippen molar-refractivity contribution in [2.24, 2.45) is 7.05 Å². The number of halogens is 1. The van der Waals surface area contributed by atoms with E-state index in [9.17, 15) is 9.18 Å². The third-order valence-corrected chi connectivity index (χ3v) is 5.99. The average molecular weight is 430 g/mol. The first kappa shape index (κ1) is 22.1. The minimum absolute atomic E-state index is 0.522. The van der Waals surface area contributed by atoms with Crippen LogP contribution in [0.4, 0.5) is 10.2 Å². The van der Waals surface area contributed by atoms with Crippen LogP contribution < -0.4 is 4.90 Å². The van der Waals surface area contributed by atoms with Gasteiger partial charge in [-0.15, -0.1) is 11.3 Å². The topological polar surface area (TPSA) is 54.3 Å². The van der Waals surface area contributed by atoms with Crippen LogP contribution in [0.3, 0.4) is 0 Å². The Kier molecular flexibility index (Phi) is 6.99. The number of likely N-dealkylation sites (N-methyl/N-ethyl adjacent to an activating group) is 1. The number of anilines is 1.